The van der Waals surface area contributed by atoms with Gasteiger partial charge < -0.3 is 9.47 Å². The van der Waals surface area contributed by atoms with Gasteiger partial charge in [0.2, 0.25) is 0 Å². The Morgan fingerprint density at radius 2 is 1.95 bits per heavy atom. The molecule has 0 aliphatic rings. The molecule has 0 aromatic heterocycles. The first kappa shape index (κ1) is 14.9. The normalized spacial score (nSPS) is 9.79. The maximum atomic E-state index is 11.9. The Labute approximate surface area is 111 Å². The van der Waals surface area contributed by atoms with Crippen molar-refractivity contribution in [1.29, 1.82) is 0 Å². The molecule has 5 nitrogen and oxygen atoms in total. The standard InChI is InChI=1S/C14H16O5/c1-3-4-7-19-14(17)12-8-10(9-15)5-6-11(12)13(16)18-2/h5-6,8-9H,3-4,7H2,1-2H3. The minimum absolute atomic E-state index is 0.0487. The van der Waals surface area contributed by atoms with Crippen molar-refractivity contribution in [2.75, 3.05) is 13.7 Å². The molecule has 0 bridgehead atoms. The molecule has 0 saturated heterocycles. The summed E-state index contributed by atoms with van der Waals surface area (Å²) in [5.41, 5.74) is 0.442. The summed E-state index contributed by atoms with van der Waals surface area (Å²) in [5, 5.41) is 0. The van der Waals surface area contributed by atoms with Crippen LogP contribution in [0.2, 0.25) is 0 Å². The first-order chi connectivity index (χ1) is 9.13. The smallest absolute Gasteiger partial charge is 0.339 e. The van der Waals surface area contributed by atoms with Gasteiger partial charge in [0.25, 0.3) is 0 Å². The van der Waals surface area contributed by atoms with E-state index in [-0.39, 0.29) is 17.7 Å². The Balaban J connectivity index is 3.03. The molecule has 1 aromatic carbocycles. The maximum absolute atomic E-state index is 11.9. The number of hydrogen-bond acceptors (Lipinski definition) is 5. The van der Waals surface area contributed by atoms with Crippen LogP contribution in [0.3, 0.4) is 0 Å². The number of unbranched alkanes of at least 4 members (excludes halogenated alkanes) is 1. The first-order valence-corrected chi connectivity index (χ1v) is 5.98. The molecule has 0 aliphatic carbocycles. The van der Waals surface area contributed by atoms with Crippen molar-refractivity contribution in [2.45, 2.75) is 19.8 Å². The highest BCUT2D eigenvalue weighted by Crippen LogP contribution is 2.14. The Morgan fingerprint density at radius 3 is 2.53 bits per heavy atom. The molecular formula is C14H16O5. The fourth-order valence-corrected chi connectivity index (χ4v) is 1.48. The van der Waals surface area contributed by atoms with Crippen LogP contribution in [0, 0.1) is 0 Å². The summed E-state index contributed by atoms with van der Waals surface area (Å²) in [6.45, 7) is 2.25. The molecule has 0 amide bonds. The summed E-state index contributed by atoms with van der Waals surface area (Å²) >= 11 is 0. The van der Waals surface area contributed by atoms with Gasteiger partial charge in [-0.25, -0.2) is 9.59 Å². The Hall–Kier alpha value is -2.17. The van der Waals surface area contributed by atoms with Crippen molar-refractivity contribution in [1.82, 2.24) is 0 Å². The predicted octanol–water partition coefficient (Wildman–Crippen LogP) is 2.24. The Bertz CT molecular complexity index is 479. The molecular weight excluding hydrogens is 248 g/mol. The van der Waals surface area contributed by atoms with Gasteiger partial charge in [-0.15, -0.1) is 0 Å². The van der Waals surface area contributed by atoms with Gasteiger partial charge in [0.15, 0.2) is 0 Å². The molecule has 19 heavy (non-hydrogen) atoms. The van der Waals surface area contributed by atoms with Crippen molar-refractivity contribution < 1.29 is 23.9 Å². The topological polar surface area (TPSA) is 69.7 Å². The molecule has 5 heteroatoms. The van der Waals surface area contributed by atoms with Crippen molar-refractivity contribution in [2.24, 2.45) is 0 Å². The number of hydrogen-bond donors (Lipinski definition) is 0. The van der Waals surface area contributed by atoms with Gasteiger partial charge in [-0.3, -0.25) is 4.79 Å². The van der Waals surface area contributed by atoms with Crippen LogP contribution in [-0.4, -0.2) is 31.9 Å². The molecule has 1 aromatic rings. The molecule has 1 rings (SSSR count). The first-order valence-electron chi connectivity index (χ1n) is 5.98. The minimum atomic E-state index is -0.639. The molecule has 0 atom stereocenters. The summed E-state index contributed by atoms with van der Waals surface area (Å²) in [6.07, 6.45) is 2.24. The summed E-state index contributed by atoms with van der Waals surface area (Å²) in [4.78, 5) is 34.2. The second-order valence-electron chi connectivity index (χ2n) is 3.90. The molecule has 0 fully saturated rings. The van der Waals surface area contributed by atoms with Crippen LogP contribution in [0.5, 0.6) is 0 Å². The second kappa shape index (κ2) is 7.31. The van der Waals surface area contributed by atoms with Crippen LogP contribution < -0.4 is 0 Å². The number of carbonyl (C=O) groups excluding carboxylic acids is 3. The molecule has 0 unspecified atom stereocenters. The Morgan fingerprint density at radius 1 is 1.21 bits per heavy atom. The summed E-state index contributed by atoms with van der Waals surface area (Å²) in [6, 6.07) is 4.15. The van der Waals surface area contributed by atoms with Crippen LogP contribution in [-0.2, 0) is 9.47 Å². The Kier molecular flexibility index (Phi) is 5.73. The lowest BCUT2D eigenvalue weighted by molar-refractivity contribution is 0.0481. The quantitative estimate of drug-likeness (QED) is 0.447. The number of aldehydes is 1. The lowest BCUT2D eigenvalue weighted by Gasteiger charge is -2.08. The van der Waals surface area contributed by atoms with Crippen LogP contribution in [0.15, 0.2) is 18.2 Å². The summed E-state index contributed by atoms with van der Waals surface area (Å²) in [5.74, 6) is -1.27. The minimum Gasteiger partial charge on any atom is -0.465 e. The zero-order chi connectivity index (χ0) is 14.3. The van der Waals surface area contributed by atoms with Gasteiger partial charge in [-0.1, -0.05) is 19.4 Å². The number of methoxy groups -OCH3 is 1. The third kappa shape index (κ3) is 3.91. The molecule has 0 spiro atoms. The van der Waals surface area contributed by atoms with Crippen LogP contribution in [0.1, 0.15) is 50.8 Å². The van der Waals surface area contributed by atoms with Crippen molar-refractivity contribution in [3.63, 3.8) is 0 Å². The van der Waals surface area contributed by atoms with Gasteiger partial charge >= 0.3 is 11.9 Å². The van der Waals surface area contributed by atoms with E-state index < -0.39 is 11.9 Å². The van der Waals surface area contributed by atoms with E-state index in [0.717, 1.165) is 12.8 Å². The summed E-state index contributed by atoms with van der Waals surface area (Å²) in [7, 11) is 1.22. The molecule has 0 heterocycles. The zero-order valence-electron chi connectivity index (χ0n) is 11.0. The fourth-order valence-electron chi connectivity index (χ4n) is 1.48. The van der Waals surface area contributed by atoms with E-state index >= 15 is 0 Å². The van der Waals surface area contributed by atoms with E-state index in [4.69, 9.17) is 4.74 Å². The second-order valence-corrected chi connectivity index (χ2v) is 3.90. The van der Waals surface area contributed by atoms with Gasteiger partial charge in [-0.2, -0.15) is 0 Å². The van der Waals surface area contributed by atoms with Crippen molar-refractivity contribution in [3.8, 4) is 0 Å². The molecule has 0 aliphatic heterocycles. The highest BCUT2D eigenvalue weighted by molar-refractivity contribution is 6.04. The number of esters is 2. The molecule has 0 N–H and O–H groups in total. The average molecular weight is 264 g/mol. The lowest BCUT2D eigenvalue weighted by Crippen LogP contribution is -2.14. The number of carbonyl (C=O) groups is 3. The SMILES string of the molecule is CCCCOC(=O)c1cc(C=O)ccc1C(=O)OC. The lowest BCUT2D eigenvalue weighted by atomic mass is 10.0. The van der Waals surface area contributed by atoms with Crippen LogP contribution >= 0.6 is 0 Å². The van der Waals surface area contributed by atoms with Gasteiger partial charge in [0, 0.05) is 5.56 Å². The highest BCUT2D eigenvalue weighted by Gasteiger charge is 2.19. The van der Waals surface area contributed by atoms with Crippen LogP contribution in [0.25, 0.3) is 0 Å². The predicted molar refractivity (Wildman–Crippen MR) is 68.4 cm³/mol. The van der Waals surface area contributed by atoms with E-state index in [1.54, 1.807) is 0 Å². The van der Waals surface area contributed by atoms with E-state index in [9.17, 15) is 14.4 Å². The monoisotopic (exact) mass is 264 g/mol. The molecule has 0 radical (unpaired) electrons. The van der Waals surface area contributed by atoms with Crippen molar-refractivity contribution in [3.05, 3.63) is 34.9 Å². The van der Waals surface area contributed by atoms with E-state index in [2.05, 4.69) is 4.74 Å². The van der Waals surface area contributed by atoms with E-state index in [1.807, 2.05) is 6.92 Å². The van der Waals surface area contributed by atoms with E-state index in [0.29, 0.717) is 11.8 Å². The van der Waals surface area contributed by atoms with Crippen molar-refractivity contribution >= 4 is 18.2 Å². The van der Waals surface area contributed by atoms with Gasteiger partial charge in [0.1, 0.15) is 6.29 Å². The number of ether oxygens (including phenoxy) is 2. The fraction of sp³-hybridized carbons (Fsp3) is 0.357. The van der Waals surface area contributed by atoms with E-state index in [1.165, 1.54) is 25.3 Å². The number of benzene rings is 1. The third-order valence-electron chi connectivity index (χ3n) is 2.54. The highest BCUT2D eigenvalue weighted by atomic mass is 16.5. The largest absolute Gasteiger partial charge is 0.465 e. The van der Waals surface area contributed by atoms with Gasteiger partial charge in [0.05, 0.1) is 24.8 Å². The van der Waals surface area contributed by atoms with Crippen LogP contribution in [0.4, 0.5) is 0 Å². The average Bonchev–Trinajstić information content (AvgIpc) is 2.45. The number of rotatable bonds is 6. The molecule has 0 saturated carbocycles. The zero-order valence-corrected chi connectivity index (χ0v) is 11.0. The molecule has 102 valence electrons. The van der Waals surface area contributed by atoms with Gasteiger partial charge in [-0.05, 0) is 18.6 Å². The maximum Gasteiger partial charge on any atom is 0.339 e. The third-order valence-corrected chi connectivity index (χ3v) is 2.54. The summed E-state index contributed by atoms with van der Waals surface area (Å²) < 4.78 is 9.63.